The zero-order chi connectivity index (χ0) is 29.2. The van der Waals surface area contributed by atoms with Crippen LogP contribution in [0.4, 0.5) is 34.5 Å². The van der Waals surface area contributed by atoms with Gasteiger partial charge in [0.05, 0.1) is 18.5 Å². The highest BCUT2D eigenvalue weighted by Gasteiger charge is 2.39. The van der Waals surface area contributed by atoms with E-state index in [4.69, 9.17) is 14.7 Å². The van der Waals surface area contributed by atoms with Crippen LogP contribution >= 0.6 is 0 Å². The largest absolute Gasteiger partial charge is 0.494 e. The average molecular weight is 568 g/mol. The van der Waals surface area contributed by atoms with E-state index in [0.717, 1.165) is 38.3 Å². The molecule has 2 N–H and O–H groups in total. The van der Waals surface area contributed by atoms with Crippen LogP contribution in [-0.2, 0) is 4.79 Å². The van der Waals surface area contributed by atoms with E-state index in [1.165, 1.54) is 6.08 Å². The molecular weight excluding hydrogens is 534 g/mol. The number of guanidine groups is 1. The maximum absolute atomic E-state index is 13.5. The number of rotatable bonds is 7. The number of likely N-dealkylation sites (N-methyl/N-ethyl adjacent to an activating group) is 1. The number of benzene rings is 2. The number of hydrogen-bond acceptors (Lipinski definition) is 10. The molecule has 2 aromatic carbocycles. The summed E-state index contributed by atoms with van der Waals surface area (Å²) in [6, 6.07) is 13.3. The fraction of sp³-hybridized carbons (Fsp3) is 0.300. The fourth-order valence-electron chi connectivity index (χ4n) is 5.29. The van der Waals surface area contributed by atoms with Gasteiger partial charge in [0.1, 0.15) is 11.3 Å². The molecule has 1 aromatic heterocycles. The molecule has 216 valence electrons. The van der Waals surface area contributed by atoms with Gasteiger partial charge in [-0.25, -0.2) is 4.98 Å². The van der Waals surface area contributed by atoms with Gasteiger partial charge < -0.3 is 25.2 Å². The van der Waals surface area contributed by atoms with E-state index >= 15 is 0 Å². The van der Waals surface area contributed by atoms with E-state index in [2.05, 4.69) is 45.1 Å². The summed E-state index contributed by atoms with van der Waals surface area (Å²) in [5.41, 5.74) is 3.42. The van der Waals surface area contributed by atoms with Crippen LogP contribution in [0, 0.1) is 0 Å². The molecule has 3 aliphatic rings. The monoisotopic (exact) mass is 567 g/mol. The molecule has 0 radical (unpaired) electrons. The molecule has 4 heterocycles. The fourth-order valence-corrected chi connectivity index (χ4v) is 5.29. The molecule has 12 nitrogen and oxygen atoms in total. The maximum Gasteiger partial charge on any atom is 0.265 e. The van der Waals surface area contributed by atoms with Crippen LogP contribution in [0.1, 0.15) is 16.8 Å². The molecule has 12 heteroatoms. The molecular formula is C30H33N9O3. The smallest absolute Gasteiger partial charge is 0.265 e. The summed E-state index contributed by atoms with van der Waals surface area (Å²) in [4.78, 5) is 47.6. The summed E-state index contributed by atoms with van der Waals surface area (Å²) in [6.07, 6.45) is 3.52. The lowest BCUT2D eigenvalue weighted by atomic mass is 10.1. The Balaban J connectivity index is 1.35. The van der Waals surface area contributed by atoms with Crippen LogP contribution in [0.25, 0.3) is 0 Å². The van der Waals surface area contributed by atoms with Crippen molar-refractivity contribution in [3.05, 3.63) is 66.9 Å². The molecule has 0 aliphatic carbocycles. The second-order valence-corrected chi connectivity index (χ2v) is 10.3. The van der Waals surface area contributed by atoms with Crippen molar-refractivity contribution >= 4 is 52.3 Å². The number of fused-ring (bicyclic) bond motifs is 2. The number of carbonyl (C=O) groups is 2. The van der Waals surface area contributed by atoms with Crippen molar-refractivity contribution < 1.29 is 14.3 Å². The molecule has 0 saturated carbocycles. The third-order valence-corrected chi connectivity index (χ3v) is 7.55. The van der Waals surface area contributed by atoms with Crippen molar-refractivity contribution in [3.63, 3.8) is 0 Å². The maximum atomic E-state index is 13.5. The van der Waals surface area contributed by atoms with Crippen LogP contribution in [0.3, 0.4) is 0 Å². The van der Waals surface area contributed by atoms with Crippen molar-refractivity contribution in [1.82, 2.24) is 19.8 Å². The van der Waals surface area contributed by atoms with Gasteiger partial charge in [0.2, 0.25) is 17.8 Å². The standard InChI is InChI=1S/C30H33N9O3/c1-4-26(40)33-20-7-5-8-22(17-20)39-27-23(28(41)38-12-6-11-31-30(38)39)19-32-29(35-27)34-24-10-9-21(18-25(24)42-3)37-15-13-36(2)14-16-37/h4-5,7-10,17-19H,1,6,11-16H2,2-3H3,(H,33,40)(H,32,34,35). The predicted molar refractivity (Wildman–Crippen MR) is 163 cm³/mol. The Morgan fingerprint density at radius 1 is 1.07 bits per heavy atom. The summed E-state index contributed by atoms with van der Waals surface area (Å²) < 4.78 is 5.73. The summed E-state index contributed by atoms with van der Waals surface area (Å²) in [5, 5.41) is 6.08. The number of aromatic nitrogens is 2. The summed E-state index contributed by atoms with van der Waals surface area (Å²) >= 11 is 0. The van der Waals surface area contributed by atoms with E-state index in [1.807, 2.05) is 35.2 Å². The van der Waals surface area contributed by atoms with Gasteiger partial charge >= 0.3 is 0 Å². The van der Waals surface area contributed by atoms with Gasteiger partial charge in [0.15, 0.2) is 5.82 Å². The lowest BCUT2D eigenvalue weighted by molar-refractivity contribution is -0.111. The van der Waals surface area contributed by atoms with E-state index < -0.39 is 0 Å². The summed E-state index contributed by atoms with van der Waals surface area (Å²) in [5.74, 6) is 1.34. The Labute approximate surface area is 244 Å². The van der Waals surface area contributed by atoms with Gasteiger partial charge in [-0.05, 0) is 49.9 Å². The van der Waals surface area contributed by atoms with Crippen LogP contribution in [0.5, 0.6) is 5.75 Å². The van der Waals surface area contributed by atoms with Crippen LogP contribution in [-0.4, -0.2) is 91.0 Å². The first-order chi connectivity index (χ1) is 20.4. The molecule has 2 amide bonds. The van der Waals surface area contributed by atoms with Gasteiger partial charge in [-0.2, -0.15) is 4.98 Å². The predicted octanol–water partition coefficient (Wildman–Crippen LogP) is 3.46. The number of anilines is 6. The number of amides is 2. The van der Waals surface area contributed by atoms with Gasteiger partial charge in [-0.15, -0.1) is 0 Å². The molecule has 1 fully saturated rings. The molecule has 1 saturated heterocycles. The van der Waals surface area contributed by atoms with E-state index in [-0.39, 0.29) is 11.8 Å². The number of nitrogens with zero attached hydrogens (tertiary/aromatic N) is 7. The SMILES string of the molecule is C=CC(=O)Nc1cccc(N2C3=NCCCN3C(=O)c3cnc(Nc4ccc(N5CCN(C)CC5)cc4OC)nc32)c1. The Morgan fingerprint density at radius 3 is 2.69 bits per heavy atom. The molecule has 0 unspecified atom stereocenters. The van der Waals surface area contributed by atoms with Gasteiger partial charge in [-0.3, -0.25) is 24.4 Å². The first-order valence-electron chi connectivity index (χ1n) is 13.9. The Morgan fingerprint density at radius 2 is 1.90 bits per heavy atom. The number of methoxy groups -OCH3 is 1. The highest BCUT2D eigenvalue weighted by atomic mass is 16.5. The van der Waals surface area contributed by atoms with E-state index in [0.29, 0.717) is 59.2 Å². The minimum absolute atomic E-state index is 0.198. The van der Waals surface area contributed by atoms with Crippen LogP contribution in [0.15, 0.2) is 66.3 Å². The third-order valence-electron chi connectivity index (χ3n) is 7.55. The van der Waals surface area contributed by atoms with Gasteiger partial charge in [0.25, 0.3) is 5.91 Å². The van der Waals surface area contributed by atoms with Crippen molar-refractivity contribution in [1.29, 1.82) is 0 Å². The number of hydrogen-bond donors (Lipinski definition) is 2. The molecule has 3 aliphatic heterocycles. The normalized spacial score (nSPS) is 16.8. The van der Waals surface area contributed by atoms with E-state index in [1.54, 1.807) is 24.3 Å². The Hall–Kier alpha value is -4.97. The number of ether oxygens (including phenoxy) is 1. The zero-order valence-electron chi connectivity index (χ0n) is 23.7. The quantitative estimate of drug-likeness (QED) is 0.414. The second kappa shape index (κ2) is 11.5. The van der Waals surface area contributed by atoms with Crippen molar-refractivity contribution in [2.75, 3.05) is 73.9 Å². The molecule has 0 atom stereocenters. The molecule has 6 rings (SSSR count). The number of nitrogens with one attached hydrogen (secondary N) is 2. The van der Waals surface area contributed by atoms with Crippen molar-refractivity contribution in [2.45, 2.75) is 6.42 Å². The minimum atomic E-state index is -0.320. The van der Waals surface area contributed by atoms with Crippen molar-refractivity contribution in [3.8, 4) is 5.75 Å². The highest BCUT2D eigenvalue weighted by Crippen LogP contribution is 2.37. The zero-order valence-corrected chi connectivity index (χ0v) is 23.7. The Kier molecular flexibility index (Phi) is 7.44. The molecule has 0 spiro atoms. The minimum Gasteiger partial charge on any atom is -0.494 e. The highest BCUT2D eigenvalue weighted by molar-refractivity contribution is 6.21. The van der Waals surface area contributed by atoms with Gasteiger partial charge in [0, 0.05) is 62.9 Å². The number of piperazine rings is 1. The van der Waals surface area contributed by atoms with Gasteiger partial charge in [-0.1, -0.05) is 12.6 Å². The first kappa shape index (κ1) is 27.2. The number of aliphatic imine (C=N–C) groups is 1. The molecule has 3 aromatic rings. The first-order valence-corrected chi connectivity index (χ1v) is 13.9. The van der Waals surface area contributed by atoms with Crippen LogP contribution in [0.2, 0.25) is 0 Å². The topological polar surface area (TPSA) is 119 Å². The number of carbonyl (C=O) groups excluding carboxylic acids is 2. The summed E-state index contributed by atoms with van der Waals surface area (Å²) in [6.45, 7) is 8.56. The molecule has 42 heavy (non-hydrogen) atoms. The Bertz CT molecular complexity index is 1570. The second-order valence-electron chi connectivity index (χ2n) is 10.3. The molecule has 0 bridgehead atoms. The summed E-state index contributed by atoms with van der Waals surface area (Å²) in [7, 11) is 3.77. The average Bonchev–Trinajstić information content (AvgIpc) is 3.02. The third kappa shape index (κ3) is 5.23. The lowest BCUT2D eigenvalue weighted by Gasteiger charge is -2.39. The lowest BCUT2D eigenvalue weighted by Crippen LogP contribution is -2.52. The van der Waals surface area contributed by atoms with Crippen LogP contribution < -0.4 is 25.2 Å². The van der Waals surface area contributed by atoms with Crippen molar-refractivity contribution in [2.24, 2.45) is 4.99 Å². The van der Waals surface area contributed by atoms with E-state index in [9.17, 15) is 9.59 Å².